The summed E-state index contributed by atoms with van der Waals surface area (Å²) < 4.78 is 0. The first-order valence-electron chi connectivity index (χ1n) is 8.97. The van der Waals surface area contributed by atoms with Gasteiger partial charge < -0.3 is 20.8 Å². The van der Waals surface area contributed by atoms with Crippen molar-refractivity contribution in [2.24, 2.45) is 5.41 Å². The molecule has 0 saturated carbocycles. The van der Waals surface area contributed by atoms with Gasteiger partial charge in [0.1, 0.15) is 11.8 Å². The van der Waals surface area contributed by atoms with Gasteiger partial charge in [-0.15, -0.1) is 11.8 Å². The molecule has 0 radical (unpaired) electrons. The summed E-state index contributed by atoms with van der Waals surface area (Å²) >= 11 is 1.12. The van der Waals surface area contributed by atoms with Crippen molar-refractivity contribution in [1.29, 1.82) is 0 Å². The van der Waals surface area contributed by atoms with Crippen LogP contribution in [0, 0.1) is 5.41 Å². The number of amides is 2. The van der Waals surface area contributed by atoms with Gasteiger partial charge in [0.25, 0.3) is 0 Å². The molecule has 1 atom stereocenters. The van der Waals surface area contributed by atoms with Crippen LogP contribution in [0.15, 0.2) is 17.2 Å². The fourth-order valence-electron chi connectivity index (χ4n) is 2.41. The fraction of sp³-hybridized carbons (Fsp3) is 0.500. The number of aliphatic hydroxyl groups excluding tert-OH is 2. The number of thioether (sulfide) groups is 1. The molecule has 1 aliphatic rings. The van der Waals surface area contributed by atoms with Gasteiger partial charge in [0.2, 0.25) is 23.4 Å². The van der Waals surface area contributed by atoms with Crippen LogP contribution < -0.4 is 10.6 Å². The molecular formula is C18H24N4O6S. The lowest BCUT2D eigenvalue weighted by Gasteiger charge is -2.27. The maximum Gasteiger partial charge on any atom is 0.249 e. The minimum Gasteiger partial charge on any atom is -0.396 e. The topological polar surface area (TPSA) is 161 Å². The molecule has 0 bridgehead atoms. The van der Waals surface area contributed by atoms with Gasteiger partial charge in [-0.05, 0) is 0 Å². The number of aromatic amines is 1. The molecule has 0 saturated heterocycles. The molecule has 0 spiro atoms. The minimum absolute atomic E-state index is 0.121. The van der Waals surface area contributed by atoms with Crippen molar-refractivity contribution in [2.45, 2.75) is 26.4 Å². The number of H-pyrrole nitrogens is 1. The summed E-state index contributed by atoms with van der Waals surface area (Å²) in [5.74, 6) is -1.22. The summed E-state index contributed by atoms with van der Waals surface area (Å²) in [5.41, 5.74) is -0.563. The Labute approximate surface area is 171 Å². The molecule has 29 heavy (non-hydrogen) atoms. The van der Waals surface area contributed by atoms with E-state index in [2.05, 4.69) is 20.8 Å². The van der Waals surface area contributed by atoms with Gasteiger partial charge in [-0.3, -0.25) is 24.3 Å². The van der Waals surface area contributed by atoms with Crippen molar-refractivity contribution in [1.82, 2.24) is 20.8 Å². The summed E-state index contributed by atoms with van der Waals surface area (Å²) in [6, 6.07) is 0. The van der Waals surface area contributed by atoms with Gasteiger partial charge in [-0.25, -0.2) is 0 Å². The SMILES string of the molecule is CC(C)(CO)C(O)C(=O)NCCNC(=O)CCSC1=CC(=O)c2[nH]ncc2C1=O. The number of rotatable bonds is 10. The molecule has 1 unspecified atom stereocenters. The number of Topliss-reactive ketones (excluding diaryl/α,β-unsaturated/α-hetero) is 1. The van der Waals surface area contributed by atoms with Crippen LogP contribution in [-0.4, -0.2) is 75.3 Å². The first-order chi connectivity index (χ1) is 13.7. The highest BCUT2D eigenvalue weighted by molar-refractivity contribution is 8.04. The minimum atomic E-state index is -1.36. The van der Waals surface area contributed by atoms with Crippen molar-refractivity contribution < 1.29 is 29.4 Å². The number of hydrogen-bond acceptors (Lipinski definition) is 8. The van der Waals surface area contributed by atoms with Crippen LogP contribution >= 0.6 is 11.8 Å². The second kappa shape index (κ2) is 9.81. The average molecular weight is 424 g/mol. The molecule has 158 valence electrons. The zero-order valence-electron chi connectivity index (χ0n) is 16.2. The molecule has 1 aromatic rings. The first kappa shape index (κ1) is 22.8. The predicted octanol–water partition coefficient (Wildman–Crippen LogP) is -0.592. The monoisotopic (exact) mass is 424 g/mol. The van der Waals surface area contributed by atoms with E-state index in [1.54, 1.807) is 13.8 Å². The van der Waals surface area contributed by atoms with E-state index in [4.69, 9.17) is 5.11 Å². The highest BCUT2D eigenvalue weighted by atomic mass is 32.2. The van der Waals surface area contributed by atoms with Crippen LogP contribution in [-0.2, 0) is 9.59 Å². The molecule has 2 amide bonds. The van der Waals surface area contributed by atoms with Crippen LogP contribution in [0.3, 0.4) is 0 Å². The van der Waals surface area contributed by atoms with Gasteiger partial charge in [0.15, 0.2) is 0 Å². The normalized spacial score (nSPS) is 14.8. The van der Waals surface area contributed by atoms with Gasteiger partial charge in [0, 0.05) is 36.8 Å². The summed E-state index contributed by atoms with van der Waals surface area (Å²) in [6.07, 6.45) is 1.30. The van der Waals surface area contributed by atoms with Gasteiger partial charge >= 0.3 is 0 Å². The number of fused-ring (bicyclic) bond motifs is 1. The van der Waals surface area contributed by atoms with E-state index >= 15 is 0 Å². The standard InChI is InChI=1S/C18H24N4O6S/c1-18(2,9-23)16(27)17(28)20-5-4-19-13(25)3-6-29-12-7-11(24)14-10(15(12)26)8-21-22-14/h7-8,16,23,27H,3-6,9H2,1-2H3,(H,19,25)(H,20,28)(H,21,22). The predicted molar refractivity (Wildman–Crippen MR) is 105 cm³/mol. The van der Waals surface area contributed by atoms with Crippen LogP contribution in [0.25, 0.3) is 0 Å². The van der Waals surface area contributed by atoms with Gasteiger partial charge in [-0.2, -0.15) is 5.10 Å². The Hall–Kier alpha value is -2.50. The maximum atomic E-state index is 12.2. The summed E-state index contributed by atoms with van der Waals surface area (Å²) in [7, 11) is 0. The fourth-order valence-corrected chi connectivity index (χ4v) is 3.35. The molecule has 1 heterocycles. The number of carbonyl (C=O) groups excluding carboxylic acids is 4. The zero-order valence-corrected chi connectivity index (χ0v) is 17.0. The second-order valence-corrected chi connectivity index (χ2v) is 8.29. The van der Waals surface area contributed by atoms with Gasteiger partial charge in [0.05, 0.1) is 23.3 Å². The van der Waals surface area contributed by atoms with Crippen molar-refractivity contribution in [3.05, 3.63) is 28.4 Å². The number of aliphatic hydroxyl groups is 2. The summed E-state index contributed by atoms with van der Waals surface area (Å²) in [5, 5.41) is 30.3. The molecule has 2 rings (SSSR count). The van der Waals surface area contributed by atoms with E-state index in [-0.39, 0.29) is 59.8 Å². The summed E-state index contributed by atoms with van der Waals surface area (Å²) in [6.45, 7) is 3.06. The van der Waals surface area contributed by atoms with Crippen molar-refractivity contribution in [3.8, 4) is 0 Å². The highest BCUT2D eigenvalue weighted by Gasteiger charge is 2.32. The lowest BCUT2D eigenvalue weighted by atomic mass is 9.87. The van der Waals surface area contributed by atoms with Crippen LogP contribution in [0.4, 0.5) is 0 Å². The zero-order chi connectivity index (χ0) is 21.6. The number of nitrogens with zero attached hydrogens (tertiary/aromatic N) is 1. The van der Waals surface area contributed by atoms with Crippen LogP contribution in [0.1, 0.15) is 41.1 Å². The first-order valence-corrected chi connectivity index (χ1v) is 9.96. The maximum absolute atomic E-state index is 12.2. The van der Waals surface area contributed by atoms with Crippen molar-refractivity contribution >= 4 is 35.1 Å². The number of allylic oxidation sites excluding steroid dienone is 2. The number of aromatic nitrogens is 2. The molecular weight excluding hydrogens is 400 g/mol. The third-order valence-corrected chi connectivity index (χ3v) is 5.37. The largest absolute Gasteiger partial charge is 0.396 e. The third-order valence-electron chi connectivity index (χ3n) is 4.35. The lowest BCUT2D eigenvalue weighted by molar-refractivity contribution is -0.137. The van der Waals surface area contributed by atoms with Crippen LogP contribution in [0.2, 0.25) is 0 Å². The van der Waals surface area contributed by atoms with Crippen LogP contribution in [0.5, 0.6) is 0 Å². The van der Waals surface area contributed by atoms with E-state index < -0.39 is 17.4 Å². The number of hydrogen-bond donors (Lipinski definition) is 5. The molecule has 10 nitrogen and oxygen atoms in total. The second-order valence-electron chi connectivity index (χ2n) is 7.15. The molecule has 5 N–H and O–H groups in total. The van der Waals surface area contributed by atoms with Crippen molar-refractivity contribution in [2.75, 3.05) is 25.4 Å². The quantitative estimate of drug-likeness (QED) is 0.311. The molecule has 1 aliphatic carbocycles. The van der Waals surface area contributed by atoms with E-state index in [1.807, 2.05) is 0 Å². The Morgan fingerprint density at radius 2 is 1.97 bits per heavy atom. The van der Waals surface area contributed by atoms with Gasteiger partial charge in [-0.1, -0.05) is 13.8 Å². The Morgan fingerprint density at radius 3 is 2.66 bits per heavy atom. The molecule has 0 fully saturated rings. The van der Waals surface area contributed by atoms with E-state index in [9.17, 15) is 24.3 Å². The molecule has 11 heteroatoms. The lowest BCUT2D eigenvalue weighted by Crippen LogP contribution is -2.47. The number of ketones is 2. The Kier molecular flexibility index (Phi) is 7.71. The van der Waals surface area contributed by atoms with Crippen molar-refractivity contribution in [3.63, 3.8) is 0 Å². The average Bonchev–Trinajstić information content (AvgIpc) is 3.19. The number of nitrogens with one attached hydrogen (secondary N) is 3. The number of carbonyl (C=O) groups is 4. The molecule has 0 aromatic carbocycles. The Morgan fingerprint density at radius 1 is 1.28 bits per heavy atom. The molecule has 1 aromatic heterocycles. The molecule has 0 aliphatic heterocycles. The Bertz CT molecular complexity index is 832. The van der Waals surface area contributed by atoms with E-state index in [0.717, 1.165) is 11.8 Å². The highest BCUT2D eigenvalue weighted by Crippen LogP contribution is 2.27. The Balaban J connectivity index is 1.66. The smallest absolute Gasteiger partial charge is 0.249 e. The van der Waals surface area contributed by atoms with E-state index in [1.165, 1.54) is 12.3 Å². The summed E-state index contributed by atoms with van der Waals surface area (Å²) in [4.78, 5) is 48.1. The van der Waals surface area contributed by atoms with E-state index in [0.29, 0.717) is 5.75 Å². The third kappa shape index (κ3) is 5.75.